The van der Waals surface area contributed by atoms with Crippen LogP contribution in [0.25, 0.3) is 0 Å². The van der Waals surface area contributed by atoms with E-state index < -0.39 is 146 Å². The fourth-order valence-electron chi connectivity index (χ4n) is 10.1. The highest BCUT2D eigenvalue weighted by Crippen LogP contribution is 2.25. The standard InChI is InChI=1S/2C30H54N4O14/c2*1-4-31-19(35)7-5-6-8-22(38)34(13-9-20(36)32-11-15-45-29-27(43)25(41)23(39)17(2)47-29)14-10-21(37)33-12-16-46-30-28(44)26(42)24(40)18(3)48-30/h2*17-18,23-30,39-44H,4-16H2,1-3H3,(H,31,35)(H,32,36)(H,33,37)/t2*17-,18-,23+,24+,25+,26+,27-,28-,29+,30+/m00/s1. The molecular formula is C60H108N8O28. The highest BCUT2D eigenvalue weighted by molar-refractivity contribution is 5.82. The van der Waals surface area contributed by atoms with Crippen LogP contribution < -0.4 is 31.9 Å². The number of hydrogen-bond acceptors (Lipinski definition) is 28. The predicted octanol–water partition coefficient (Wildman–Crippen LogP) is -7.58. The van der Waals surface area contributed by atoms with Crippen molar-refractivity contribution in [1.82, 2.24) is 41.7 Å². The van der Waals surface area contributed by atoms with Gasteiger partial charge in [-0.15, -0.1) is 0 Å². The molecule has 36 nitrogen and oxygen atoms in total. The van der Waals surface area contributed by atoms with Gasteiger partial charge in [0.05, 0.1) is 50.8 Å². The lowest BCUT2D eigenvalue weighted by atomic mass is 10.0. The van der Waals surface area contributed by atoms with E-state index in [-0.39, 0.29) is 154 Å². The largest absolute Gasteiger partial charge is 0.388 e. The molecule has 0 unspecified atom stereocenters. The average Bonchev–Trinajstić information content (AvgIpc) is 0.892. The zero-order valence-corrected chi connectivity index (χ0v) is 55.7. The summed E-state index contributed by atoms with van der Waals surface area (Å²) in [5.74, 6) is -2.38. The minimum absolute atomic E-state index is 0.0214. The molecule has 556 valence electrons. The van der Waals surface area contributed by atoms with E-state index in [0.29, 0.717) is 38.8 Å². The van der Waals surface area contributed by atoms with Crippen LogP contribution in [0.5, 0.6) is 0 Å². The molecule has 0 saturated carbocycles. The summed E-state index contributed by atoms with van der Waals surface area (Å²) in [7, 11) is 0. The van der Waals surface area contributed by atoms with Crippen molar-refractivity contribution in [2.24, 2.45) is 0 Å². The van der Waals surface area contributed by atoms with Crippen LogP contribution in [0.2, 0.25) is 0 Å². The van der Waals surface area contributed by atoms with Gasteiger partial charge in [0.15, 0.2) is 25.2 Å². The van der Waals surface area contributed by atoms with Crippen LogP contribution in [-0.4, -0.2) is 333 Å². The first-order chi connectivity index (χ1) is 45.5. The Morgan fingerprint density at radius 2 is 0.510 bits per heavy atom. The highest BCUT2D eigenvalue weighted by Gasteiger charge is 2.45. The van der Waals surface area contributed by atoms with Crippen LogP contribution in [0.4, 0.5) is 0 Å². The van der Waals surface area contributed by atoms with Gasteiger partial charge in [0, 0.05) is 117 Å². The molecule has 8 amide bonds. The van der Waals surface area contributed by atoms with Gasteiger partial charge >= 0.3 is 0 Å². The summed E-state index contributed by atoms with van der Waals surface area (Å²) in [5.41, 5.74) is 0. The number of aliphatic hydroxyl groups is 12. The predicted molar refractivity (Wildman–Crippen MR) is 331 cm³/mol. The normalized spacial score (nSPS) is 30.4. The molecule has 96 heavy (non-hydrogen) atoms. The van der Waals surface area contributed by atoms with E-state index in [2.05, 4.69) is 31.9 Å². The van der Waals surface area contributed by atoms with Gasteiger partial charge in [0.25, 0.3) is 0 Å². The summed E-state index contributed by atoms with van der Waals surface area (Å²) in [6.07, 6.45) is -22.2. The van der Waals surface area contributed by atoms with Gasteiger partial charge in [0.1, 0.15) is 73.2 Å². The summed E-state index contributed by atoms with van der Waals surface area (Å²) in [6, 6.07) is 0. The van der Waals surface area contributed by atoms with Gasteiger partial charge in [-0.1, -0.05) is 0 Å². The van der Waals surface area contributed by atoms with E-state index in [1.54, 1.807) is 0 Å². The molecule has 0 aliphatic carbocycles. The summed E-state index contributed by atoms with van der Waals surface area (Å²) >= 11 is 0. The van der Waals surface area contributed by atoms with Gasteiger partial charge in [-0.05, 0) is 67.2 Å². The molecule has 4 fully saturated rings. The van der Waals surface area contributed by atoms with Crippen LogP contribution in [0.15, 0.2) is 0 Å². The molecule has 0 aromatic rings. The Kier molecular flexibility index (Phi) is 40.5. The van der Waals surface area contributed by atoms with E-state index in [1.807, 2.05) is 13.8 Å². The molecule has 4 aliphatic heterocycles. The third kappa shape index (κ3) is 30.2. The number of ether oxygens (including phenoxy) is 8. The van der Waals surface area contributed by atoms with E-state index in [0.717, 1.165) is 0 Å². The summed E-state index contributed by atoms with van der Waals surface area (Å²) in [6.45, 7) is 10.7. The molecule has 0 aromatic carbocycles. The van der Waals surface area contributed by atoms with Gasteiger partial charge < -0.3 is 141 Å². The summed E-state index contributed by atoms with van der Waals surface area (Å²) in [4.78, 5) is 102. The number of carbonyl (C=O) groups is 8. The number of carbonyl (C=O) groups excluding carboxylic acids is 8. The minimum Gasteiger partial charge on any atom is -0.388 e. The topological polar surface area (TPSA) is 532 Å². The number of unbranched alkanes of at least 4 members (excludes halogenated alkanes) is 2. The molecule has 20 atom stereocenters. The van der Waals surface area contributed by atoms with Crippen molar-refractivity contribution in [3.8, 4) is 0 Å². The molecule has 4 rings (SSSR count). The number of nitrogens with one attached hydrogen (secondary N) is 6. The molecule has 0 spiro atoms. The Labute approximate surface area is 558 Å². The van der Waals surface area contributed by atoms with E-state index in [9.17, 15) is 99.6 Å². The number of hydrogen-bond donors (Lipinski definition) is 18. The summed E-state index contributed by atoms with van der Waals surface area (Å²) < 4.78 is 43.0. The molecule has 18 N–H and O–H groups in total. The molecule has 0 radical (unpaired) electrons. The number of rotatable bonds is 40. The molecule has 4 saturated heterocycles. The fourth-order valence-corrected chi connectivity index (χ4v) is 10.1. The molecular weight excluding hydrogens is 1280 g/mol. The molecule has 0 aromatic heterocycles. The Morgan fingerprint density at radius 3 is 0.729 bits per heavy atom. The first-order valence-corrected chi connectivity index (χ1v) is 32.9. The van der Waals surface area contributed by atoms with Gasteiger partial charge in [-0.25, -0.2) is 0 Å². The third-order valence-electron chi connectivity index (χ3n) is 16.0. The van der Waals surface area contributed by atoms with Crippen LogP contribution in [0, 0.1) is 0 Å². The zero-order chi connectivity index (χ0) is 71.6. The van der Waals surface area contributed by atoms with Crippen molar-refractivity contribution < 1.29 is 138 Å². The lowest BCUT2D eigenvalue weighted by Gasteiger charge is -2.38. The van der Waals surface area contributed by atoms with Gasteiger partial charge in [-0.2, -0.15) is 0 Å². The SMILES string of the molecule is CCNC(=O)CCCCC(=O)N(CCC(=O)NCCO[C@@H]1O[C@@H](C)[C@@H](O)[C@@H](O)[C@@H]1O)CCC(=O)NCCO[C@@H]1O[C@@H](C)[C@@H](O)[C@@H](O)[C@@H]1O.CCNC(=O)CCCCC(=O)N(CCC(=O)NCCO[C@@H]1O[C@@H](C)[C@@H](O)[C@@H](O)[C@@H]1O)CCC(=O)NCCO[C@@H]1O[C@@H](C)[C@@H](O)[C@@H](O)[C@@H]1O. The second kappa shape index (κ2) is 45.6. The van der Waals surface area contributed by atoms with Crippen molar-refractivity contribution in [1.29, 1.82) is 0 Å². The average molecular weight is 1390 g/mol. The fraction of sp³-hybridized carbons (Fsp3) is 0.867. The van der Waals surface area contributed by atoms with Crippen LogP contribution in [0.1, 0.15) is 119 Å². The Balaban J connectivity index is 0.000000500. The second-order valence-electron chi connectivity index (χ2n) is 23.7. The Bertz CT molecular complexity index is 2060. The molecule has 4 heterocycles. The second-order valence-corrected chi connectivity index (χ2v) is 23.7. The zero-order valence-electron chi connectivity index (χ0n) is 55.7. The first kappa shape index (κ1) is 85.2. The minimum atomic E-state index is -1.47. The van der Waals surface area contributed by atoms with Crippen LogP contribution in [0.3, 0.4) is 0 Å². The number of aliphatic hydroxyl groups excluding tert-OH is 12. The first-order valence-electron chi connectivity index (χ1n) is 32.9. The van der Waals surface area contributed by atoms with Crippen LogP contribution in [-0.2, 0) is 76.3 Å². The number of amides is 8. The maximum Gasteiger partial charge on any atom is 0.222 e. The van der Waals surface area contributed by atoms with Crippen molar-refractivity contribution in [3.63, 3.8) is 0 Å². The monoisotopic (exact) mass is 1390 g/mol. The van der Waals surface area contributed by atoms with Crippen molar-refractivity contribution in [2.75, 3.05) is 91.9 Å². The maximum absolute atomic E-state index is 13.0. The molecule has 36 heteroatoms. The maximum atomic E-state index is 13.0. The van der Waals surface area contributed by atoms with Crippen LogP contribution >= 0.6 is 0 Å². The quantitative estimate of drug-likeness (QED) is 0.0253. The van der Waals surface area contributed by atoms with Crippen molar-refractivity contribution in [2.45, 2.75) is 241 Å². The lowest BCUT2D eigenvalue weighted by Crippen LogP contribution is -2.57. The smallest absolute Gasteiger partial charge is 0.222 e. The summed E-state index contributed by atoms with van der Waals surface area (Å²) in [5, 5.41) is 135. The number of nitrogens with zero attached hydrogens (tertiary/aromatic N) is 2. The van der Waals surface area contributed by atoms with Crippen molar-refractivity contribution >= 4 is 47.3 Å². The molecule has 4 aliphatic rings. The van der Waals surface area contributed by atoms with E-state index >= 15 is 0 Å². The van der Waals surface area contributed by atoms with E-state index in [4.69, 9.17) is 37.9 Å². The van der Waals surface area contributed by atoms with Gasteiger partial charge in [-0.3, -0.25) is 38.4 Å². The molecule has 0 bridgehead atoms. The highest BCUT2D eigenvalue weighted by atomic mass is 16.7. The third-order valence-corrected chi connectivity index (χ3v) is 16.0. The van der Waals surface area contributed by atoms with Gasteiger partial charge in [0.2, 0.25) is 47.3 Å². The van der Waals surface area contributed by atoms with E-state index in [1.165, 1.54) is 37.5 Å². The van der Waals surface area contributed by atoms with Crippen molar-refractivity contribution in [3.05, 3.63) is 0 Å². The lowest BCUT2D eigenvalue weighted by molar-refractivity contribution is -0.292. The Hall–Kier alpha value is -5.04. The Morgan fingerprint density at radius 1 is 0.302 bits per heavy atom.